The third-order valence-corrected chi connectivity index (χ3v) is 4.18. The van der Waals surface area contributed by atoms with Gasteiger partial charge < -0.3 is 10.2 Å². The molecule has 1 fully saturated rings. The maximum absolute atomic E-state index is 12.8. The van der Waals surface area contributed by atoms with Crippen LogP contribution in [0.2, 0.25) is 0 Å². The van der Waals surface area contributed by atoms with E-state index in [0.29, 0.717) is 11.6 Å². The molecule has 1 amide bonds. The van der Waals surface area contributed by atoms with Gasteiger partial charge in [0, 0.05) is 25.3 Å². The molecule has 5 nitrogen and oxygen atoms in total. The van der Waals surface area contributed by atoms with Crippen LogP contribution < -0.4 is 5.32 Å². The van der Waals surface area contributed by atoms with Gasteiger partial charge in [0.2, 0.25) is 0 Å². The topological polar surface area (TPSA) is 49.6 Å². The van der Waals surface area contributed by atoms with E-state index in [2.05, 4.69) is 10.4 Å². The summed E-state index contributed by atoms with van der Waals surface area (Å²) >= 11 is 0. The van der Waals surface area contributed by atoms with Gasteiger partial charge in [-0.05, 0) is 38.4 Å². The van der Waals surface area contributed by atoms with E-state index in [-0.39, 0.29) is 5.91 Å². The Morgan fingerprint density at radius 2 is 2.38 bits per heavy atom. The fourth-order valence-corrected chi connectivity index (χ4v) is 2.97. The monoisotopic (exact) mass is 286 g/mol. The van der Waals surface area contributed by atoms with Crippen molar-refractivity contribution >= 4 is 11.4 Å². The molecule has 0 spiro atoms. The molecule has 21 heavy (non-hydrogen) atoms. The van der Waals surface area contributed by atoms with Crippen molar-refractivity contribution in [3.63, 3.8) is 0 Å². The lowest BCUT2D eigenvalue weighted by atomic mass is 10.0. The molecule has 1 N–H and O–H groups in total. The molecule has 0 bridgehead atoms. The maximum atomic E-state index is 12.8. The van der Waals surface area contributed by atoms with Crippen LogP contribution in [0.4, 0.5) is 0 Å². The Kier molecular flexibility index (Phi) is 4.20. The van der Waals surface area contributed by atoms with Crippen molar-refractivity contribution in [2.24, 2.45) is 0 Å². The number of likely N-dealkylation sites (N-methyl/N-ethyl adjacent to an activating group) is 1. The second-order valence-electron chi connectivity index (χ2n) is 5.58. The lowest BCUT2D eigenvalue weighted by Crippen LogP contribution is -2.45. The average Bonchev–Trinajstić information content (AvgIpc) is 2.97. The van der Waals surface area contributed by atoms with E-state index < -0.39 is 0 Å². The number of amides is 1. The highest BCUT2D eigenvalue weighted by Gasteiger charge is 2.22. The minimum atomic E-state index is 0.0751. The molecule has 1 aliphatic rings. The molecule has 112 valence electrons. The van der Waals surface area contributed by atoms with Crippen LogP contribution in [0, 0.1) is 0 Å². The summed E-state index contributed by atoms with van der Waals surface area (Å²) in [7, 11) is 0. The molecule has 5 heteroatoms. The molecule has 0 aliphatic carbocycles. The molecule has 0 radical (unpaired) electrons. The van der Waals surface area contributed by atoms with Gasteiger partial charge in [0.05, 0.1) is 17.3 Å². The van der Waals surface area contributed by atoms with Gasteiger partial charge in [0.15, 0.2) is 0 Å². The minimum absolute atomic E-state index is 0.0751. The first-order valence-corrected chi connectivity index (χ1v) is 7.74. The molecular formula is C16H22N4O. The molecule has 1 aliphatic heterocycles. The first-order chi connectivity index (χ1) is 10.3. The number of nitrogens with one attached hydrogen (secondary N) is 1. The van der Waals surface area contributed by atoms with Crippen LogP contribution in [0.5, 0.6) is 0 Å². The predicted molar refractivity (Wildman–Crippen MR) is 82.4 cm³/mol. The van der Waals surface area contributed by atoms with E-state index in [4.69, 9.17) is 0 Å². The van der Waals surface area contributed by atoms with E-state index in [1.54, 1.807) is 10.7 Å². The molecule has 0 aromatic carbocycles. The summed E-state index contributed by atoms with van der Waals surface area (Å²) in [6, 6.07) is 6.21. The lowest BCUT2D eigenvalue weighted by molar-refractivity contribution is 0.0743. The highest BCUT2D eigenvalue weighted by atomic mass is 16.2. The van der Waals surface area contributed by atoms with Gasteiger partial charge in [0.1, 0.15) is 0 Å². The zero-order valence-electron chi connectivity index (χ0n) is 12.5. The number of fused-ring (bicyclic) bond motifs is 1. The van der Waals surface area contributed by atoms with Crippen molar-refractivity contribution in [3.05, 3.63) is 36.2 Å². The number of hydrogen-bond acceptors (Lipinski definition) is 3. The number of rotatable bonds is 4. The van der Waals surface area contributed by atoms with Gasteiger partial charge in [-0.25, -0.2) is 4.52 Å². The number of aromatic nitrogens is 2. The number of hydrogen-bond donors (Lipinski definition) is 1. The number of piperidine rings is 1. The molecule has 3 heterocycles. The Bertz CT molecular complexity index is 616. The molecule has 1 atom stereocenters. The lowest BCUT2D eigenvalue weighted by Gasteiger charge is -2.29. The number of carbonyl (C=O) groups is 1. The van der Waals surface area contributed by atoms with Gasteiger partial charge in [0.25, 0.3) is 5.91 Å². The maximum Gasteiger partial charge on any atom is 0.257 e. The Morgan fingerprint density at radius 1 is 1.48 bits per heavy atom. The van der Waals surface area contributed by atoms with Crippen molar-refractivity contribution in [1.82, 2.24) is 19.8 Å². The normalized spacial score (nSPS) is 18.8. The minimum Gasteiger partial charge on any atom is -0.337 e. The Labute approximate surface area is 124 Å². The number of carbonyl (C=O) groups excluding carboxylic acids is 1. The largest absolute Gasteiger partial charge is 0.337 e. The van der Waals surface area contributed by atoms with Crippen molar-refractivity contribution in [1.29, 1.82) is 0 Å². The molecule has 1 saturated heterocycles. The first-order valence-electron chi connectivity index (χ1n) is 7.74. The standard InChI is InChI=1S/C16H22N4O/c1-2-19(12-13-7-3-5-9-17-13)16(21)14-11-18-20-10-6-4-8-15(14)20/h4,6,8,10-11,13,17H,2-3,5,7,9,12H2,1H3. The third-order valence-electron chi connectivity index (χ3n) is 4.18. The van der Waals surface area contributed by atoms with Crippen LogP contribution >= 0.6 is 0 Å². The summed E-state index contributed by atoms with van der Waals surface area (Å²) in [6.07, 6.45) is 7.18. The van der Waals surface area contributed by atoms with Crippen molar-refractivity contribution in [3.8, 4) is 0 Å². The molecule has 2 aromatic rings. The molecule has 2 aromatic heterocycles. The number of nitrogens with zero attached hydrogens (tertiary/aromatic N) is 3. The molecule has 0 saturated carbocycles. The summed E-state index contributed by atoms with van der Waals surface area (Å²) < 4.78 is 1.75. The van der Waals surface area contributed by atoms with Crippen LogP contribution in [0.15, 0.2) is 30.6 Å². The zero-order valence-corrected chi connectivity index (χ0v) is 12.5. The van der Waals surface area contributed by atoms with E-state index in [1.165, 1.54) is 12.8 Å². The second-order valence-corrected chi connectivity index (χ2v) is 5.58. The van der Waals surface area contributed by atoms with E-state index in [1.807, 2.05) is 36.2 Å². The first kappa shape index (κ1) is 14.1. The van der Waals surface area contributed by atoms with Crippen molar-refractivity contribution < 1.29 is 4.79 Å². The highest BCUT2D eigenvalue weighted by Crippen LogP contribution is 2.15. The number of pyridine rings is 1. The van der Waals surface area contributed by atoms with Gasteiger partial charge in [-0.15, -0.1) is 0 Å². The van der Waals surface area contributed by atoms with E-state index in [9.17, 15) is 4.79 Å². The van der Waals surface area contributed by atoms with Gasteiger partial charge >= 0.3 is 0 Å². The van der Waals surface area contributed by atoms with Gasteiger partial charge in [-0.1, -0.05) is 12.5 Å². The van der Waals surface area contributed by atoms with Crippen LogP contribution in [0.3, 0.4) is 0 Å². The van der Waals surface area contributed by atoms with Crippen LogP contribution in [0.1, 0.15) is 36.5 Å². The average molecular weight is 286 g/mol. The summed E-state index contributed by atoms with van der Waals surface area (Å²) in [6.45, 7) is 4.60. The quantitative estimate of drug-likeness (QED) is 0.934. The molecule has 1 unspecified atom stereocenters. The summed E-state index contributed by atoms with van der Waals surface area (Å²) in [5, 5.41) is 7.76. The predicted octanol–water partition coefficient (Wildman–Crippen LogP) is 1.94. The Balaban J connectivity index is 1.78. The Hall–Kier alpha value is -1.88. The zero-order chi connectivity index (χ0) is 14.7. The van der Waals surface area contributed by atoms with Gasteiger partial charge in [-0.3, -0.25) is 4.79 Å². The summed E-state index contributed by atoms with van der Waals surface area (Å²) in [4.78, 5) is 14.7. The highest BCUT2D eigenvalue weighted by molar-refractivity contribution is 6.00. The molecule has 3 rings (SSSR count). The molecular weight excluding hydrogens is 264 g/mol. The smallest absolute Gasteiger partial charge is 0.257 e. The van der Waals surface area contributed by atoms with Crippen molar-refractivity contribution in [2.45, 2.75) is 32.2 Å². The van der Waals surface area contributed by atoms with E-state index in [0.717, 1.165) is 31.6 Å². The fraction of sp³-hybridized carbons (Fsp3) is 0.500. The summed E-state index contributed by atoms with van der Waals surface area (Å²) in [5.74, 6) is 0.0751. The van der Waals surface area contributed by atoms with Crippen LogP contribution in [0.25, 0.3) is 5.52 Å². The second kappa shape index (κ2) is 6.26. The fourth-order valence-electron chi connectivity index (χ4n) is 2.97. The van der Waals surface area contributed by atoms with Crippen molar-refractivity contribution in [2.75, 3.05) is 19.6 Å². The van der Waals surface area contributed by atoms with Gasteiger partial charge in [-0.2, -0.15) is 5.10 Å². The summed E-state index contributed by atoms with van der Waals surface area (Å²) in [5.41, 5.74) is 1.56. The SMILES string of the molecule is CCN(CC1CCCCN1)C(=O)c1cnn2ccccc12. The Morgan fingerprint density at radius 3 is 3.14 bits per heavy atom. The van der Waals surface area contributed by atoms with Crippen LogP contribution in [-0.2, 0) is 0 Å². The van der Waals surface area contributed by atoms with Crippen LogP contribution in [-0.4, -0.2) is 46.1 Å². The van der Waals surface area contributed by atoms with E-state index >= 15 is 0 Å². The third kappa shape index (κ3) is 2.93.